The molecule has 164 valence electrons. The molecular weight excluding hydrogens is 422 g/mol. The lowest BCUT2D eigenvalue weighted by Gasteiger charge is -2.17. The molecule has 1 fully saturated rings. The van der Waals surface area contributed by atoms with Gasteiger partial charge in [0, 0.05) is 23.7 Å². The molecule has 2 aromatic carbocycles. The standard InChI is InChI=1S/C21H23N3O6S/c1-28-17-12-18(29-2)20(30-3)19-15(17)11-16(23-19)21(25)22-13-5-7-14(8-6-13)24-9-4-10-31(24,26)27/h5-8,11-12,23H,4,9-10H2,1-3H3,(H,22,25). The van der Waals surface area contributed by atoms with E-state index in [4.69, 9.17) is 14.2 Å². The molecule has 1 aliphatic heterocycles. The largest absolute Gasteiger partial charge is 0.496 e. The highest BCUT2D eigenvalue weighted by molar-refractivity contribution is 7.93. The fourth-order valence-corrected chi connectivity index (χ4v) is 5.26. The summed E-state index contributed by atoms with van der Waals surface area (Å²) in [4.78, 5) is 15.9. The average molecular weight is 445 g/mol. The molecule has 31 heavy (non-hydrogen) atoms. The molecular formula is C21H23N3O6S. The molecule has 10 heteroatoms. The number of fused-ring (bicyclic) bond motifs is 1. The van der Waals surface area contributed by atoms with Gasteiger partial charge in [0.05, 0.1) is 38.3 Å². The summed E-state index contributed by atoms with van der Waals surface area (Å²) in [7, 11) is 1.34. The molecule has 9 nitrogen and oxygen atoms in total. The van der Waals surface area contributed by atoms with Gasteiger partial charge < -0.3 is 24.5 Å². The molecule has 0 unspecified atom stereocenters. The molecule has 3 aromatic rings. The number of methoxy groups -OCH3 is 3. The number of benzene rings is 2. The quantitative estimate of drug-likeness (QED) is 0.604. The smallest absolute Gasteiger partial charge is 0.272 e. The number of ether oxygens (including phenoxy) is 3. The highest BCUT2D eigenvalue weighted by Crippen LogP contribution is 2.41. The van der Waals surface area contributed by atoms with Crippen molar-refractivity contribution in [2.24, 2.45) is 0 Å². The minimum atomic E-state index is -3.25. The first-order chi connectivity index (χ1) is 14.9. The molecule has 1 amide bonds. The number of carbonyl (C=O) groups excluding carboxylic acids is 1. The van der Waals surface area contributed by atoms with Crippen LogP contribution in [0.4, 0.5) is 11.4 Å². The Balaban J connectivity index is 1.60. The first-order valence-electron chi connectivity index (χ1n) is 9.61. The van der Waals surface area contributed by atoms with Crippen molar-refractivity contribution in [3.05, 3.63) is 42.1 Å². The van der Waals surface area contributed by atoms with E-state index in [9.17, 15) is 13.2 Å². The SMILES string of the molecule is COc1cc(OC)c2cc(C(=O)Nc3ccc(N4CCCS4(=O)=O)cc3)[nH]c2c1OC. The van der Waals surface area contributed by atoms with E-state index in [2.05, 4.69) is 10.3 Å². The summed E-state index contributed by atoms with van der Waals surface area (Å²) in [5, 5.41) is 3.49. The maximum Gasteiger partial charge on any atom is 0.272 e. The van der Waals surface area contributed by atoms with Crippen molar-refractivity contribution < 1.29 is 27.4 Å². The molecule has 1 aromatic heterocycles. The molecule has 0 radical (unpaired) electrons. The van der Waals surface area contributed by atoms with E-state index >= 15 is 0 Å². The number of aromatic amines is 1. The lowest BCUT2D eigenvalue weighted by atomic mass is 10.2. The fraction of sp³-hybridized carbons (Fsp3) is 0.286. The second-order valence-electron chi connectivity index (χ2n) is 7.03. The van der Waals surface area contributed by atoms with E-state index < -0.39 is 10.0 Å². The molecule has 1 aliphatic rings. The van der Waals surface area contributed by atoms with E-state index in [0.717, 1.165) is 0 Å². The van der Waals surface area contributed by atoms with Crippen LogP contribution in [0.3, 0.4) is 0 Å². The summed E-state index contributed by atoms with van der Waals surface area (Å²) in [6, 6.07) is 10.1. The number of H-pyrrole nitrogens is 1. The van der Waals surface area contributed by atoms with Gasteiger partial charge in [-0.3, -0.25) is 9.10 Å². The van der Waals surface area contributed by atoms with Crippen LogP contribution in [0.1, 0.15) is 16.9 Å². The lowest BCUT2D eigenvalue weighted by molar-refractivity contribution is 0.102. The molecule has 0 spiro atoms. The van der Waals surface area contributed by atoms with Gasteiger partial charge in [-0.2, -0.15) is 0 Å². The summed E-state index contributed by atoms with van der Waals surface area (Å²) in [5.41, 5.74) is 2.02. The number of nitrogens with zero attached hydrogens (tertiary/aromatic N) is 1. The number of sulfonamides is 1. The van der Waals surface area contributed by atoms with Gasteiger partial charge >= 0.3 is 0 Å². The first-order valence-corrected chi connectivity index (χ1v) is 11.2. The summed E-state index contributed by atoms with van der Waals surface area (Å²) in [5.74, 6) is 1.28. The van der Waals surface area contributed by atoms with E-state index in [1.54, 1.807) is 36.4 Å². The second-order valence-corrected chi connectivity index (χ2v) is 9.04. The molecule has 2 heterocycles. The Morgan fingerprint density at radius 1 is 1.03 bits per heavy atom. The predicted molar refractivity (Wildman–Crippen MR) is 118 cm³/mol. The Bertz CT molecular complexity index is 1230. The van der Waals surface area contributed by atoms with Gasteiger partial charge in [-0.15, -0.1) is 0 Å². The Labute approximate surface area is 180 Å². The van der Waals surface area contributed by atoms with Crippen LogP contribution in [0.25, 0.3) is 10.9 Å². The molecule has 1 saturated heterocycles. The zero-order valence-electron chi connectivity index (χ0n) is 17.4. The predicted octanol–water partition coefficient (Wildman–Crippen LogP) is 2.99. The molecule has 0 saturated carbocycles. The molecule has 0 bridgehead atoms. The Morgan fingerprint density at radius 2 is 1.74 bits per heavy atom. The van der Waals surface area contributed by atoms with Crippen LogP contribution < -0.4 is 23.8 Å². The topological polar surface area (TPSA) is 110 Å². The summed E-state index contributed by atoms with van der Waals surface area (Å²) >= 11 is 0. The number of hydrogen-bond acceptors (Lipinski definition) is 6. The number of anilines is 2. The van der Waals surface area contributed by atoms with Crippen molar-refractivity contribution >= 4 is 38.2 Å². The van der Waals surface area contributed by atoms with E-state index in [1.807, 2.05) is 0 Å². The number of hydrogen-bond donors (Lipinski definition) is 2. The number of carbonyl (C=O) groups is 1. The van der Waals surface area contributed by atoms with Gasteiger partial charge in [0.1, 0.15) is 11.4 Å². The maximum atomic E-state index is 12.8. The van der Waals surface area contributed by atoms with E-state index in [1.165, 1.54) is 25.6 Å². The minimum Gasteiger partial charge on any atom is -0.496 e. The van der Waals surface area contributed by atoms with Crippen molar-refractivity contribution in [2.75, 3.05) is 43.2 Å². The number of rotatable bonds is 6. The average Bonchev–Trinajstić information content (AvgIpc) is 3.36. The van der Waals surface area contributed by atoms with E-state index in [0.29, 0.717) is 58.2 Å². The third-order valence-electron chi connectivity index (χ3n) is 5.20. The third-order valence-corrected chi connectivity index (χ3v) is 7.07. The second kappa shape index (κ2) is 8.03. The number of aromatic nitrogens is 1. The van der Waals surface area contributed by atoms with Crippen molar-refractivity contribution in [3.63, 3.8) is 0 Å². The number of nitrogens with one attached hydrogen (secondary N) is 2. The highest BCUT2D eigenvalue weighted by Gasteiger charge is 2.28. The Kier molecular flexibility index (Phi) is 5.40. The summed E-state index contributed by atoms with van der Waals surface area (Å²) < 4.78 is 41.7. The van der Waals surface area contributed by atoms with Gasteiger partial charge in [0.2, 0.25) is 10.0 Å². The highest BCUT2D eigenvalue weighted by atomic mass is 32.2. The van der Waals surface area contributed by atoms with Crippen LogP contribution in [-0.2, 0) is 10.0 Å². The van der Waals surface area contributed by atoms with Crippen molar-refractivity contribution in [1.29, 1.82) is 0 Å². The third kappa shape index (κ3) is 3.74. The summed E-state index contributed by atoms with van der Waals surface area (Å²) in [6.45, 7) is 0.468. The minimum absolute atomic E-state index is 0.156. The van der Waals surface area contributed by atoms with Gasteiger partial charge in [-0.05, 0) is 36.8 Å². The molecule has 0 atom stereocenters. The summed E-state index contributed by atoms with van der Waals surface area (Å²) in [6.07, 6.45) is 0.610. The van der Waals surface area contributed by atoms with Crippen molar-refractivity contribution in [2.45, 2.75) is 6.42 Å². The van der Waals surface area contributed by atoms with Crippen molar-refractivity contribution in [3.8, 4) is 17.2 Å². The molecule has 0 aliphatic carbocycles. The molecule has 2 N–H and O–H groups in total. The van der Waals surface area contributed by atoms with Gasteiger partial charge in [0.15, 0.2) is 11.5 Å². The van der Waals surface area contributed by atoms with Crippen LogP contribution in [0.15, 0.2) is 36.4 Å². The number of amides is 1. The van der Waals surface area contributed by atoms with Crippen LogP contribution in [-0.4, -0.2) is 52.9 Å². The Morgan fingerprint density at radius 3 is 2.32 bits per heavy atom. The van der Waals surface area contributed by atoms with Crippen LogP contribution in [0, 0.1) is 0 Å². The Hall–Kier alpha value is -3.40. The zero-order chi connectivity index (χ0) is 22.2. The fourth-order valence-electron chi connectivity index (χ4n) is 3.70. The van der Waals surface area contributed by atoms with Gasteiger partial charge in [-0.1, -0.05) is 0 Å². The monoisotopic (exact) mass is 445 g/mol. The van der Waals surface area contributed by atoms with Crippen LogP contribution >= 0.6 is 0 Å². The van der Waals surface area contributed by atoms with Crippen molar-refractivity contribution in [1.82, 2.24) is 4.98 Å². The lowest BCUT2D eigenvalue weighted by Crippen LogP contribution is -2.25. The van der Waals surface area contributed by atoms with E-state index in [-0.39, 0.29) is 11.7 Å². The molecule has 4 rings (SSSR count). The van der Waals surface area contributed by atoms with Crippen LogP contribution in [0.5, 0.6) is 17.2 Å². The first kappa shape index (κ1) is 20.9. The van der Waals surface area contributed by atoms with Gasteiger partial charge in [0.25, 0.3) is 5.91 Å². The van der Waals surface area contributed by atoms with Crippen LogP contribution in [0.2, 0.25) is 0 Å². The normalized spacial score (nSPS) is 15.1. The maximum absolute atomic E-state index is 12.8. The van der Waals surface area contributed by atoms with Gasteiger partial charge in [-0.25, -0.2) is 8.42 Å². The zero-order valence-corrected chi connectivity index (χ0v) is 18.2.